The third-order valence-corrected chi connectivity index (χ3v) is 5.73. The van der Waals surface area contributed by atoms with E-state index in [0.717, 1.165) is 34.7 Å². The summed E-state index contributed by atoms with van der Waals surface area (Å²) in [5, 5.41) is 2.83. The second kappa shape index (κ2) is 6.75. The molecular weight excluding hydrogens is 307 g/mol. The first kappa shape index (κ1) is 16.9. The number of carbonyl (C=O) groups is 1. The van der Waals surface area contributed by atoms with E-state index in [1.165, 1.54) is 26.2 Å². The van der Waals surface area contributed by atoms with E-state index in [2.05, 4.69) is 5.32 Å². The molecule has 5 nitrogen and oxygen atoms in total. The van der Waals surface area contributed by atoms with Crippen LogP contribution >= 0.6 is 0 Å². The summed E-state index contributed by atoms with van der Waals surface area (Å²) < 4.78 is 37.8. The van der Waals surface area contributed by atoms with Crippen LogP contribution in [-0.2, 0) is 21.2 Å². The van der Waals surface area contributed by atoms with Crippen LogP contribution < -0.4 is 5.32 Å². The van der Waals surface area contributed by atoms with Crippen molar-refractivity contribution in [1.29, 1.82) is 0 Å². The molecule has 0 saturated heterocycles. The van der Waals surface area contributed by atoms with E-state index in [1.54, 1.807) is 6.07 Å². The van der Waals surface area contributed by atoms with Gasteiger partial charge in [0.05, 0.1) is 11.8 Å². The van der Waals surface area contributed by atoms with Crippen LogP contribution in [0.4, 0.5) is 4.39 Å². The lowest BCUT2D eigenvalue weighted by Crippen LogP contribution is -2.34. The van der Waals surface area contributed by atoms with Crippen molar-refractivity contribution < 1.29 is 17.6 Å². The molecule has 0 bridgehead atoms. The van der Waals surface area contributed by atoms with Crippen LogP contribution in [0.3, 0.4) is 0 Å². The number of aryl methyl sites for hydroxylation is 1. The van der Waals surface area contributed by atoms with E-state index in [9.17, 15) is 17.6 Å². The fourth-order valence-corrected chi connectivity index (χ4v) is 3.40. The van der Waals surface area contributed by atoms with Gasteiger partial charge in [0.25, 0.3) is 0 Å². The van der Waals surface area contributed by atoms with Gasteiger partial charge in [-0.15, -0.1) is 0 Å². The Kier molecular flexibility index (Phi) is 5.18. The molecule has 1 aromatic rings. The molecule has 122 valence electrons. The Hall–Kier alpha value is -1.47. The molecule has 1 N–H and O–H groups in total. The van der Waals surface area contributed by atoms with Crippen molar-refractivity contribution in [3.05, 3.63) is 35.1 Å². The van der Waals surface area contributed by atoms with Gasteiger partial charge in [0.15, 0.2) is 0 Å². The van der Waals surface area contributed by atoms with E-state index >= 15 is 0 Å². The molecule has 0 fully saturated rings. The summed E-state index contributed by atoms with van der Waals surface area (Å²) in [6, 6.07) is 4.39. The van der Waals surface area contributed by atoms with Crippen molar-refractivity contribution in [2.45, 2.75) is 31.7 Å². The van der Waals surface area contributed by atoms with Crippen LogP contribution in [0.1, 0.15) is 36.4 Å². The van der Waals surface area contributed by atoms with Crippen molar-refractivity contribution in [3.8, 4) is 0 Å². The zero-order chi connectivity index (χ0) is 16.3. The molecule has 2 rings (SSSR count). The molecule has 1 atom stereocenters. The predicted molar refractivity (Wildman–Crippen MR) is 82.3 cm³/mol. The van der Waals surface area contributed by atoms with Crippen molar-refractivity contribution in [2.75, 3.05) is 19.8 Å². The minimum Gasteiger partial charge on any atom is -0.349 e. The average Bonchev–Trinajstić information content (AvgIpc) is 2.46. The molecule has 0 spiro atoms. The lowest BCUT2D eigenvalue weighted by Gasteiger charge is -2.26. The maximum atomic E-state index is 13.4. The van der Waals surface area contributed by atoms with Crippen LogP contribution in [0, 0.1) is 5.82 Å². The first-order valence-corrected chi connectivity index (χ1v) is 8.88. The summed E-state index contributed by atoms with van der Waals surface area (Å²) >= 11 is 0. The molecule has 0 aliphatic heterocycles. The third kappa shape index (κ3) is 4.04. The van der Waals surface area contributed by atoms with E-state index in [-0.39, 0.29) is 29.9 Å². The summed E-state index contributed by atoms with van der Waals surface area (Å²) in [6.45, 7) is 0. The molecule has 1 aliphatic carbocycles. The number of benzene rings is 1. The zero-order valence-corrected chi connectivity index (χ0v) is 13.6. The minimum absolute atomic E-state index is 0.0956. The number of nitrogens with one attached hydrogen (secondary N) is 1. The molecule has 0 aromatic heterocycles. The van der Waals surface area contributed by atoms with Crippen LogP contribution in [0.15, 0.2) is 18.2 Å². The molecule has 1 amide bonds. The maximum absolute atomic E-state index is 13.4. The van der Waals surface area contributed by atoms with Crippen LogP contribution in [0.2, 0.25) is 0 Å². The topological polar surface area (TPSA) is 66.5 Å². The van der Waals surface area contributed by atoms with E-state index in [0.29, 0.717) is 0 Å². The first-order valence-electron chi connectivity index (χ1n) is 7.27. The highest BCUT2D eigenvalue weighted by atomic mass is 32.2. The number of carbonyl (C=O) groups excluding carboxylic acids is 1. The Labute approximate surface area is 130 Å². The van der Waals surface area contributed by atoms with Gasteiger partial charge < -0.3 is 5.32 Å². The quantitative estimate of drug-likeness (QED) is 0.893. The minimum atomic E-state index is -3.39. The second-order valence-electron chi connectivity index (χ2n) is 5.70. The van der Waals surface area contributed by atoms with Crippen molar-refractivity contribution in [3.63, 3.8) is 0 Å². The molecule has 1 aliphatic rings. The lowest BCUT2D eigenvalue weighted by molar-refractivity contribution is -0.121. The van der Waals surface area contributed by atoms with Gasteiger partial charge in [-0.1, -0.05) is 6.07 Å². The van der Waals surface area contributed by atoms with Crippen molar-refractivity contribution in [1.82, 2.24) is 9.62 Å². The highest BCUT2D eigenvalue weighted by molar-refractivity contribution is 7.89. The first-order chi connectivity index (χ1) is 10.3. The standard InChI is InChI=1S/C15H21FN2O3S/c1-18(2)22(20,21)9-8-15(19)17-14-5-3-4-11-6-7-12(16)10-13(11)14/h6-7,10,14H,3-5,8-9H2,1-2H3,(H,17,19)/t14-/m0/s1. The normalized spacial score (nSPS) is 18.1. The fourth-order valence-electron chi connectivity index (χ4n) is 2.59. The number of halogens is 1. The highest BCUT2D eigenvalue weighted by Gasteiger charge is 2.23. The number of amides is 1. The second-order valence-corrected chi connectivity index (χ2v) is 8.01. The van der Waals surface area contributed by atoms with Gasteiger partial charge in [0.1, 0.15) is 5.82 Å². The van der Waals surface area contributed by atoms with Crippen molar-refractivity contribution in [2.24, 2.45) is 0 Å². The van der Waals surface area contributed by atoms with Gasteiger partial charge in [0, 0.05) is 20.5 Å². The van der Waals surface area contributed by atoms with E-state index in [1.807, 2.05) is 0 Å². The number of sulfonamides is 1. The lowest BCUT2D eigenvalue weighted by atomic mass is 9.87. The van der Waals surface area contributed by atoms with Gasteiger partial charge in [0.2, 0.25) is 15.9 Å². The number of hydrogen-bond acceptors (Lipinski definition) is 3. The largest absolute Gasteiger partial charge is 0.349 e. The number of rotatable bonds is 5. The summed E-state index contributed by atoms with van der Waals surface area (Å²) in [4.78, 5) is 12.0. The maximum Gasteiger partial charge on any atom is 0.221 e. The predicted octanol–water partition coefficient (Wildman–Crippen LogP) is 1.60. The van der Waals surface area contributed by atoms with Gasteiger partial charge in [-0.3, -0.25) is 4.79 Å². The molecule has 0 unspecified atom stereocenters. The van der Waals surface area contributed by atoms with Crippen LogP contribution in [0.25, 0.3) is 0 Å². The van der Waals surface area contributed by atoms with Gasteiger partial charge in [-0.05, 0) is 42.5 Å². The zero-order valence-electron chi connectivity index (χ0n) is 12.8. The number of hydrogen-bond donors (Lipinski definition) is 1. The summed E-state index contributed by atoms with van der Waals surface area (Å²) in [5.41, 5.74) is 1.84. The Bertz CT molecular complexity index is 659. The van der Waals surface area contributed by atoms with E-state index < -0.39 is 10.0 Å². The molecule has 7 heteroatoms. The highest BCUT2D eigenvalue weighted by Crippen LogP contribution is 2.30. The smallest absolute Gasteiger partial charge is 0.221 e. The van der Waals surface area contributed by atoms with Gasteiger partial charge in [-0.25, -0.2) is 17.1 Å². The fraction of sp³-hybridized carbons (Fsp3) is 0.533. The molecule has 0 radical (unpaired) electrons. The molecule has 0 saturated carbocycles. The Morgan fingerprint density at radius 2 is 2.14 bits per heavy atom. The van der Waals surface area contributed by atoms with Gasteiger partial charge in [-0.2, -0.15) is 0 Å². The van der Waals surface area contributed by atoms with Crippen LogP contribution in [0.5, 0.6) is 0 Å². The molecule has 0 heterocycles. The molecule has 1 aromatic carbocycles. The Morgan fingerprint density at radius 1 is 1.41 bits per heavy atom. The summed E-state index contributed by atoms with van der Waals surface area (Å²) in [7, 11) is -0.513. The molecular formula is C15H21FN2O3S. The average molecular weight is 328 g/mol. The van der Waals surface area contributed by atoms with Crippen LogP contribution in [-0.4, -0.2) is 38.5 Å². The Morgan fingerprint density at radius 3 is 2.82 bits per heavy atom. The van der Waals surface area contributed by atoms with Gasteiger partial charge >= 0.3 is 0 Å². The third-order valence-electron chi connectivity index (χ3n) is 3.90. The van der Waals surface area contributed by atoms with Crippen molar-refractivity contribution >= 4 is 15.9 Å². The number of nitrogens with zero attached hydrogens (tertiary/aromatic N) is 1. The molecule has 22 heavy (non-hydrogen) atoms. The summed E-state index contributed by atoms with van der Waals surface area (Å²) in [5.74, 6) is -0.878. The SMILES string of the molecule is CN(C)S(=O)(=O)CCC(=O)N[C@H]1CCCc2ccc(F)cc21. The summed E-state index contributed by atoms with van der Waals surface area (Å²) in [6.07, 6.45) is 2.43. The van der Waals surface area contributed by atoms with E-state index in [4.69, 9.17) is 0 Å². The Balaban J connectivity index is 2.00. The monoisotopic (exact) mass is 328 g/mol. The number of fused-ring (bicyclic) bond motifs is 1.